The first kappa shape index (κ1) is 16.6. The van der Waals surface area contributed by atoms with Crippen molar-refractivity contribution in [2.24, 2.45) is 4.99 Å². The van der Waals surface area contributed by atoms with Crippen LogP contribution in [0.4, 0.5) is 14.4 Å². The number of benzene rings is 1. The summed E-state index contributed by atoms with van der Waals surface area (Å²) < 4.78 is 36.4. The van der Waals surface area contributed by atoms with Gasteiger partial charge < -0.3 is 22.7 Å². The number of aliphatic imine (C=N–C) groups is 1. The molecule has 8 heteroatoms. The Kier molecular flexibility index (Phi) is 3.90. The number of rotatable bonds is 4. The van der Waals surface area contributed by atoms with E-state index in [-0.39, 0.29) is 11.8 Å². The molecule has 0 fully saturated rings. The van der Waals surface area contributed by atoms with Gasteiger partial charge in [-0.1, -0.05) is 13.0 Å². The number of aromatic nitrogens is 1. The molecule has 2 aliphatic heterocycles. The molecule has 3 heterocycles. The Morgan fingerprint density at radius 3 is 2.62 bits per heavy atom. The van der Waals surface area contributed by atoms with Crippen LogP contribution in [0, 0.1) is 0 Å². The molecule has 1 aromatic heterocycles. The fourth-order valence-corrected chi connectivity index (χ4v) is 3.33. The third-order valence-corrected chi connectivity index (χ3v) is 4.61. The maximum absolute atomic E-state index is 15.2. The van der Waals surface area contributed by atoms with E-state index in [9.17, 15) is 0 Å². The Balaban J connectivity index is 1.83. The van der Waals surface area contributed by atoms with Crippen LogP contribution >= 0.6 is 0 Å². The average Bonchev–Trinajstić information content (AvgIpc) is 3.02. The monoisotopic (exact) mass is 356 g/mol. The van der Waals surface area contributed by atoms with E-state index >= 15 is 8.63 Å². The van der Waals surface area contributed by atoms with E-state index in [1.807, 2.05) is 36.1 Å². The molecule has 0 atom stereocenters. The topological polar surface area (TPSA) is 31.9 Å². The molecule has 0 aliphatic carbocycles. The van der Waals surface area contributed by atoms with E-state index in [1.165, 1.54) is 12.4 Å². The van der Waals surface area contributed by atoms with Crippen LogP contribution in [0.25, 0.3) is 5.70 Å². The normalized spacial score (nSPS) is 17.4. The molecular formula is C18H19BF2N4O. The van der Waals surface area contributed by atoms with Crippen LogP contribution in [0.3, 0.4) is 0 Å². The van der Waals surface area contributed by atoms with Crippen LogP contribution in [-0.2, 0) is 0 Å². The average molecular weight is 356 g/mol. The number of hydrogen-bond donors (Lipinski definition) is 0. The SMILES string of the molecule is CCCN1C(c2ccc(OC)cc2)=CN2C1=Nc1cccc[n+]1[B-]2(F)F. The Morgan fingerprint density at radius 1 is 1.15 bits per heavy atom. The molecule has 1 aromatic carbocycles. The van der Waals surface area contributed by atoms with E-state index in [0.717, 1.165) is 27.0 Å². The second kappa shape index (κ2) is 6.12. The summed E-state index contributed by atoms with van der Waals surface area (Å²) in [6, 6.07) is 12.3. The minimum Gasteiger partial charge on any atom is -0.497 e. The third kappa shape index (κ3) is 2.44. The Hall–Kier alpha value is -2.90. The van der Waals surface area contributed by atoms with Gasteiger partial charge in [0.2, 0.25) is 0 Å². The molecular weight excluding hydrogens is 337 g/mol. The van der Waals surface area contributed by atoms with Gasteiger partial charge in [-0.3, -0.25) is 4.90 Å². The summed E-state index contributed by atoms with van der Waals surface area (Å²) in [4.78, 5) is 7.36. The molecule has 0 amide bonds. The molecule has 4 rings (SSSR count). The summed E-state index contributed by atoms with van der Waals surface area (Å²) in [5, 5.41) is 0. The van der Waals surface area contributed by atoms with Gasteiger partial charge in [0.1, 0.15) is 5.75 Å². The molecule has 0 saturated carbocycles. The first-order chi connectivity index (χ1) is 12.6. The lowest BCUT2D eigenvalue weighted by atomic mass is 9.93. The first-order valence-electron chi connectivity index (χ1n) is 8.60. The van der Waals surface area contributed by atoms with Gasteiger partial charge in [-0.25, -0.2) is 0 Å². The molecule has 0 bridgehead atoms. The zero-order chi connectivity index (χ0) is 18.3. The Bertz CT molecular complexity index is 898. The number of ether oxygens (including phenoxy) is 1. The van der Waals surface area contributed by atoms with Crippen molar-refractivity contribution in [3.8, 4) is 5.75 Å². The van der Waals surface area contributed by atoms with Gasteiger partial charge in [0.15, 0.2) is 0 Å². The summed E-state index contributed by atoms with van der Waals surface area (Å²) in [5.41, 5.74) is 1.56. The van der Waals surface area contributed by atoms with Crippen molar-refractivity contribution in [1.82, 2.24) is 9.71 Å². The number of fused-ring (bicyclic) bond motifs is 2. The quantitative estimate of drug-likeness (QED) is 0.789. The van der Waals surface area contributed by atoms with Crippen molar-refractivity contribution in [3.05, 3.63) is 60.4 Å². The number of halogens is 2. The highest BCUT2D eigenvalue weighted by molar-refractivity contribution is 6.58. The second-order valence-electron chi connectivity index (χ2n) is 6.27. The highest BCUT2D eigenvalue weighted by atomic mass is 19.2. The Labute approximate surface area is 150 Å². The van der Waals surface area contributed by atoms with Crippen LogP contribution in [0.2, 0.25) is 0 Å². The van der Waals surface area contributed by atoms with E-state index in [2.05, 4.69) is 4.99 Å². The number of pyridine rings is 1. The van der Waals surface area contributed by atoms with Crippen molar-refractivity contribution in [2.75, 3.05) is 13.7 Å². The minimum absolute atomic E-state index is 0.259. The number of nitrogens with zero attached hydrogens (tertiary/aromatic N) is 4. The molecule has 2 aliphatic rings. The first-order valence-corrected chi connectivity index (χ1v) is 8.60. The summed E-state index contributed by atoms with van der Waals surface area (Å²) in [6.45, 7) is -1.37. The van der Waals surface area contributed by atoms with E-state index in [0.29, 0.717) is 12.2 Å². The minimum atomic E-state index is -3.99. The van der Waals surface area contributed by atoms with Gasteiger partial charge in [0, 0.05) is 18.8 Å². The highest BCUT2D eigenvalue weighted by Crippen LogP contribution is 2.35. The lowest BCUT2D eigenvalue weighted by Gasteiger charge is -2.35. The van der Waals surface area contributed by atoms with Gasteiger partial charge in [-0.05, 0) is 53.5 Å². The number of guanidine groups is 1. The molecule has 0 radical (unpaired) electrons. The molecule has 2 aromatic rings. The molecule has 5 nitrogen and oxygen atoms in total. The van der Waals surface area contributed by atoms with Crippen molar-refractivity contribution in [2.45, 2.75) is 13.3 Å². The highest BCUT2D eigenvalue weighted by Gasteiger charge is 2.53. The predicted molar refractivity (Wildman–Crippen MR) is 96.9 cm³/mol. The van der Waals surface area contributed by atoms with Crippen molar-refractivity contribution < 1.29 is 17.8 Å². The molecule has 0 saturated heterocycles. The number of methoxy groups -OCH3 is 1. The maximum Gasteiger partial charge on any atom is 0.642 e. The van der Waals surface area contributed by atoms with Gasteiger partial charge in [0.05, 0.1) is 12.8 Å². The number of hydrogen-bond acceptors (Lipinski definition) is 4. The van der Waals surface area contributed by atoms with Crippen molar-refractivity contribution in [1.29, 1.82) is 0 Å². The molecule has 134 valence electrons. The molecule has 0 N–H and O–H groups in total. The van der Waals surface area contributed by atoms with Crippen LogP contribution in [0.1, 0.15) is 18.9 Å². The second-order valence-corrected chi connectivity index (χ2v) is 6.27. The zero-order valence-electron chi connectivity index (χ0n) is 14.6. The van der Waals surface area contributed by atoms with Crippen molar-refractivity contribution in [3.63, 3.8) is 0 Å². The van der Waals surface area contributed by atoms with Crippen LogP contribution in [0.5, 0.6) is 5.75 Å². The maximum atomic E-state index is 15.2. The van der Waals surface area contributed by atoms with E-state index in [4.69, 9.17) is 4.74 Å². The Morgan fingerprint density at radius 2 is 1.92 bits per heavy atom. The lowest BCUT2D eigenvalue weighted by molar-refractivity contribution is -0.560. The zero-order valence-corrected chi connectivity index (χ0v) is 14.6. The largest absolute Gasteiger partial charge is 0.642 e. The van der Waals surface area contributed by atoms with Gasteiger partial charge in [-0.2, -0.15) is 0 Å². The summed E-state index contributed by atoms with van der Waals surface area (Å²) in [7, 11) is 1.60. The standard InChI is InChI=1S/C18H19BF2N4O/c1-3-11-23-16(14-7-9-15(26-2)10-8-14)13-25-18(23)22-17-6-4-5-12-24(17)19(25,20)21/h4-10,12-13H,3,11H2,1-2H3. The smallest absolute Gasteiger partial charge is 0.497 e. The van der Waals surface area contributed by atoms with E-state index in [1.54, 1.807) is 25.3 Å². The van der Waals surface area contributed by atoms with Gasteiger partial charge >= 0.3 is 6.97 Å². The molecule has 0 spiro atoms. The van der Waals surface area contributed by atoms with Gasteiger partial charge in [0.25, 0.3) is 11.8 Å². The van der Waals surface area contributed by atoms with E-state index < -0.39 is 6.97 Å². The fraction of sp³-hybridized carbons (Fsp3) is 0.222. The van der Waals surface area contributed by atoms with Gasteiger partial charge in [-0.15, -0.1) is 0 Å². The summed E-state index contributed by atoms with van der Waals surface area (Å²) >= 11 is 0. The third-order valence-electron chi connectivity index (χ3n) is 4.61. The predicted octanol–water partition coefficient (Wildman–Crippen LogP) is 3.23. The van der Waals surface area contributed by atoms with Crippen LogP contribution in [-0.4, -0.2) is 36.3 Å². The fourth-order valence-electron chi connectivity index (χ4n) is 3.33. The summed E-state index contributed by atoms with van der Waals surface area (Å²) in [6.07, 6.45) is 3.69. The summed E-state index contributed by atoms with van der Waals surface area (Å²) in [5.74, 6) is 1.25. The van der Waals surface area contributed by atoms with Crippen LogP contribution < -0.4 is 9.21 Å². The van der Waals surface area contributed by atoms with Crippen LogP contribution in [0.15, 0.2) is 59.9 Å². The van der Waals surface area contributed by atoms with Crippen molar-refractivity contribution >= 4 is 24.4 Å². The lowest BCUT2D eigenvalue weighted by Crippen LogP contribution is -2.71. The molecule has 0 unspecified atom stereocenters. The molecule has 26 heavy (non-hydrogen) atoms.